The lowest BCUT2D eigenvalue weighted by atomic mass is 9.89. The fourth-order valence-electron chi connectivity index (χ4n) is 3.73. The van der Waals surface area contributed by atoms with Gasteiger partial charge in [0.05, 0.1) is 0 Å². The lowest BCUT2D eigenvalue weighted by Crippen LogP contribution is -2.41. The number of fused-ring (bicyclic) bond motifs is 2. The molecule has 3 rings (SSSR count). The third-order valence-electron chi connectivity index (χ3n) is 4.68. The summed E-state index contributed by atoms with van der Waals surface area (Å²) in [6.45, 7) is 3.02. The van der Waals surface area contributed by atoms with E-state index in [9.17, 15) is 4.79 Å². The summed E-state index contributed by atoms with van der Waals surface area (Å²) < 4.78 is 0. The number of piperidine rings is 1. The molecule has 3 aliphatic rings. The van der Waals surface area contributed by atoms with Gasteiger partial charge in [-0.1, -0.05) is 0 Å². The monoisotopic (exact) mass is 236 g/mol. The highest BCUT2D eigenvalue weighted by Crippen LogP contribution is 2.34. The number of hydrogen-bond acceptors (Lipinski definition) is 2. The van der Waals surface area contributed by atoms with E-state index in [4.69, 9.17) is 0 Å². The van der Waals surface area contributed by atoms with Crippen LogP contribution in [0.5, 0.6) is 0 Å². The lowest BCUT2D eigenvalue weighted by Gasteiger charge is -2.30. The molecule has 3 fully saturated rings. The Morgan fingerprint density at radius 1 is 1.18 bits per heavy atom. The molecule has 0 aromatic rings. The zero-order chi connectivity index (χ0) is 11.8. The Morgan fingerprint density at radius 2 is 1.82 bits per heavy atom. The van der Waals surface area contributed by atoms with Gasteiger partial charge >= 0.3 is 0 Å². The average molecular weight is 236 g/mol. The summed E-state index contributed by atoms with van der Waals surface area (Å²) in [6.07, 6.45) is 8.38. The Hall–Kier alpha value is -0.570. The van der Waals surface area contributed by atoms with E-state index in [0.29, 0.717) is 30.0 Å². The molecule has 2 unspecified atom stereocenters. The molecule has 0 aromatic carbocycles. The molecule has 1 N–H and O–H groups in total. The zero-order valence-corrected chi connectivity index (χ0v) is 10.8. The summed E-state index contributed by atoms with van der Waals surface area (Å²) in [5.74, 6) is 1.07. The van der Waals surface area contributed by atoms with E-state index in [-0.39, 0.29) is 0 Å². The highest BCUT2D eigenvalue weighted by molar-refractivity contribution is 5.77. The minimum atomic E-state index is 0.418. The lowest BCUT2D eigenvalue weighted by molar-refractivity contribution is -0.132. The number of hydrogen-bond donors (Lipinski definition) is 1. The Labute approximate surface area is 104 Å². The van der Waals surface area contributed by atoms with E-state index in [2.05, 4.69) is 17.1 Å². The first-order valence-electron chi connectivity index (χ1n) is 7.31. The van der Waals surface area contributed by atoms with Gasteiger partial charge in [0.2, 0.25) is 5.91 Å². The molecule has 17 heavy (non-hydrogen) atoms. The maximum atomic E-state index is 12.3. The molecule has 0 aromatic heterocycles. The van der Waals surface area contributed by atoms with Crippen molar-refractivity contribution in [3.63, 3.8) is 0 Å². The highest BCUT2D eigenvalue weighted by atomic mass is 16.2. The summed E-state index contributed by atoms with van der Waals surface area (Å²) in [6, 6.07) is 2.01. The smallest absolute Gasteiger partial charge is 0.223 e. The number of amides is 1. The van der Waals surface area contributed by atoms with Crippen LogP contribution in [0.4, 0.5) is 0 Å². The first-order chi connectivity index (χ1) is 8.26. The molecule has 2 saturated heterocycles. The fourth-order valence-corrected chi connectivity index (χ4v) is 3.73. The minimum absolute atomic E-state index is 0.418. The Morgan fingerprint density at radius 3 is 2.35 bits per heavy atom. The molecular weight excluding hydrogens is 212 g/mol. The zero-order valence-electron chi connectivity index (χ0n) is 10.8. The van der Waals surface area contributed by atoms with Gasteiger partial charge < -0.3 is 10.2 Å². The Kier molecular flexibility index (Phi) is 3.12. The average Bonchev–Trinajstić information content (AvgIpc) is 3.06. The normalized spacial score (nSPS) is 35.9. The molecule has 0 radical (unpaired) electrons. The number of nitrogens with zero attached hydrogens (tertiary/aromatic N) is 1. The van der Waals surface area contributed by atoms with Gasteiger partial charge in [-0.05, 0) is 51.4 Å². The van der Waals surface area contributed by atoms with Crippen LogP contribution in [-0.2, 0) is 4.79 Å². The van der Waals surface area contributed by atoms with Crippen molar-refractivity contribution in [3.8, 4) is 0 Å². The number of carbonyl (C=O) groups excluding carboxylic acids is 1. The largest absolute Gasteiger partial charge is 0.340 e. The van der Waals surface area contributed by atoms with E-state index < -0.39 is 0 Å². The van der Waals surface area contributed by atoms with Crippen LogP contribution in [0.2, 0.25) is 0 Å². The van der Waals surface area contributed by atoms with E-state index in [1.165, 1.54) is 38.5 Å². The molecule has 3 nitrogen and oxygen atoms in total. The van der Waals surface area contributed by atoms with Crippen LogP contribution in [0.3, 0.4) is 0 Å². The standard InChI is InChI=1S/C14H24N2O/c1-2-16(13-5-6-13)14(17)9-10-7-11-3-4-12(8-10)15-11/h10-13,15H,2-9H2,1H3. The second kappa shape index (κ2) is 4.60. The van der Waals surface area contributed by atoms with Crippen molar-refractivity contribution in [1.29, 1.82) is 0 Å². The van der Waals surface area contributed by atoms with Gasteiger partial charge in [0.25, 0.3) is 0 Å². The van der Waals surface area contributed by atoms with Crippen molar-refractivity contribution in [3.05, 3.63) is 0 Å². The van der Waals surface area contributed by atoms with Gasteiger partial charge in [-0.3, -0.25) is 4.79 Å². The van der Waals surface area contributed by atoms with Gasteiger partial charge in [-0.2, -0.15) is 0 Å². The van der Waals surface area contributed by atoms with Crippen LogP contribution in [0.1, 0.15) is 51.9 Å². The van der Waals surface area contributed by atoms with Gasteiger partial charge in [-0.25, -0.2) is 0 Å². The van der Waals surface area contributed by atoms with Crippen LogP contribution in [-0.4, -0.2) is 35.5 Å². The van der Waals surface area contributed by atoms with Crippen LogP contribution < -0.4 is 5.32 Å². The molecule has 1 saturated carbocycles. The second-order valence-corrected chi connectivity index (χ2v) is 6.09. The Bertz CT molecular complexity index is 289. The van der Waals surface area contributed by atoms with Crippen LogP contribution in [0.25, 0.3) is 0 Å². The van der Waals surface area contributed by atoms with Crippen molar-refractivity contribution in [2.75, 3.05) is 6.54 Å². The number of rotatable bonds is 4. The SMILES string of the molecule is CCN(C(=O)CC1CC2CCC(C1)N2)C1CC1. The number of carbonyl (C=O) groups is 1. The van der Waals surface area contributed by atoms with Gasteiger partial charge in [-0.15, -0.1) is 0 Å². The second-order valence-electron chi connectivity index (χ2n) is 6.09. The first kappa shape index (κ1) is 11.5. The molecule has 0 spiro atoms. The highest BCUT2D eigenvalue weighted by Gasteiger charge is 2.36. The molecule has 2 aliphatic heterocycles. The number of nitrogens with one attached hydrogen (secondary N) is 1. The molecule has 96 valence electrons. The van der Waals surface area contributed by atoms with Crippen molar-refractivity contribution in [2.24, 2.45) is 5.92 Å². The fraction of sp³-hybridized carbons (Fsp3) is 0.929. The van der Waals surface area contributed by atoms with E-state index in [1.54, 1.807) is 0 Å². The van der Waals surface area contributed by atoms with Gasteiger partial charge in [0, 0.05) is 31.1 Å². The molecule has 2 atom stereocenters. The molecule has 2 heterocycles. The van der Waals surface area contributed by atoms with Gasteiger partial charge in [0.15, 0.2) is 0 Å². The quantitative estimate of drug-likeness (QED) is 0.809. The maximum absolute atomic E-state index is 12.3. The van der Waals surface area contributed by atoms with E-state index in [1.807, 2.05) is 0 Å². The van der Waals surface area contributed by atoms with Crippen LogP contribution in [0.15, 0.2) is 0 Å². The van der Waals surface area contributed by atoms with E-state index >= 15 is 0 Å². The van der Waals surface area contributed by atoms with Crippen molar-refractivity contribution < 1.29 is 4.79 Å². The molecule has 2 bridgehead atoms. The van der Waals surface area contributed by atoms with Crippen molar-refractivity contribution >= 4 is 5.91 Å². The van der Waals surface area contributed by atoms with Gasteiger partial charge in [0.1, 0.15) is 0 Å². The summed E-state index contributed by atoms with van der Waals surface area (Å²) >= 11 is 0. The molecule has 1 aliphatic carbocycles. The van der Waals surface area contributed by atoms with Crippen LogP contribution >= 0.6 is 0 Å². The van der Waals surface area contributed by atoms with E-state index in [0.717, 1.165) is 13.0 Å². The summed E-state index contributed by atoms with van der Waals surface area (Å²) in [7, 11) is 0. The molecular formula is C14H24N2O. The summed E-state index contributed by atoms with van der Waals surface area (Å²) in [4.78, 5) is 14.4. The Balaban J connectivity index is 1.53. The predicted octanol–water partition coefficient (Wildman–Crippen LogP) is 1.92. The van der Waals surface area contributed by atoms with Crippen LogP contribution in [0, 0.1) is 5.92 Å². The topological polar surface area (TPSA) is 32.3 Å². The molecule has 3 heteroatoms. The summed E-state index contributed by atoms with van der Waals surface area (Å²) in [5.41, 5.74) is 0. The molecule has 1 amide bonds. The first-order valence-corrected chi connectivity index (χ1v) is 7.31. The summed E-state index contributed by atoms with van der Waals surface area (Å²) in [5, 5.41) is 3.65. The van der Waals surface area contributed by atoms with Crippen molar-refractivity contribution in [1.82, 2.24) is 10.2 Å². The third kappa shape index (κ3) is 2.49. The minimum Gasteiger partial charge on any atom is -0.340 e. The van der Waals surface area contributed by atoms with Crippen molar-refractivity contribution in [2.45, 2.75) is 70.0 Å². The maximum Gasteiger partial charge on any atom is 0.223 e. The third-order valence-corrected chi connectivity index (χ3v) is 4.68. The predicted molar refractivity (Wildman–Crippen MR) is 67.7 cm³/mol.